The molecule has 12 rings (SSSR count). The minimum atomic E-state index is -2.25. The zero-order chi connectivity index (χ0) is 52.1. The van der Waals surface area contributed by atoms with Gasteiger partial charge in [0, 0.05) is 69.3 Å². The molecule has 0 N–H and O–H groups in total. The van der Waals surface area contributed by atoms with Crippen LogP contribution in [0.1, 0.15) is 92.9 Å². The molecule has 0 saturated carbocycles. The lowest BCUT2D eigenvalue weighted by Crippen LogP contribution is -2.17. The Morgan fingerprint density at radius 1 is 0.426 bits per heavy atom. The van der Waals surface area contributed by atoms with Crippen molar-refractivity contribution in [2.24, 2.45) is 0 Å². The Hall–Kier alpha value is -7.36. The van der Waals surface area contributed by atoms with Crippen molar-refractivity contribution in [1.82, 2.24) is 4.40 Å². The van der Waals surface area contributed by atoms with Crippen LogP contribution in [0.25, 0.3) is 60.0 Å². The van der Waals surface area contributed by atoms with Crippen LogP contribution in [0.15, 0.2) is 158 Å². The van der Waals surface area contributed by atoms with Crippen molar-refractivity contribution in [3.63, 3.8) is 0 Å². The lowest BCUT2D eigenvalue weighted by atomic mass is 9.79. The van der Waals surface area contributed by atoms with Gasteiger partial charge in [0.05, 0.1) is 16.6 Å². The molecule has 0 aliphatic heterocycles. The molecule has 0 saturated heterocycles. The number of aromatic nitrogens is 1. The van der Waals surface area contributed by atoms with Gasteiger partial charge in [0.25, 0.3) is 0 Å². The predicted octanol–water partition coefficient (Wildman–Crippen LogP) is 18.4. The van der Waals surface area contributed by atoms with Crippen LogP contribution in [0.3, 0.4) is 0 Å². The number of fused-ring (bicyclic) bond motifs is 12. The van der Waals surface area contributed by atoms with Gasteiger partial charge in [0.1, 0.15) is 0 Å². The van der Waals surface area contributed by atoms with E-state index in [4.69, 9.17) is 8.22 Å². The van der Waals surface area contributed by atoms with Gasteiger partial charge in [-0.3, -0.25) is 0 Å². The molecule has 2 heterocycles. The Kier molecular flexibility index (Phi) is 7.80. The van der Waals surface area contributed by atoms with Crippen LogP contribution in [0.4, 0.5) is 34.1 Å². The summed E-state index contributed by atoms with van der Waals surface area (Å²) in [5, 5.41) is 7.31. The molecule has 0 bridgehead atoms. The van der Waals surface area contributed by atoms with Gasteiger partial charge < -0.3 is 14.2 Å². The van der Waals surface area contributed by atoms with Crippen LogP contribution < -0.4 is 9.80 Å². The first-order chi connectivity index (χ1) is 34.9. The first-order valence-electron chi connectivity index (χ1n) is 26.8. The molecule has 0 amide bonds. The van der Waals surface area contributed by atoms with E-state index in [9.17, 15) is 0 Å². The fourth-order valence-electron chi connectivity index (χ4n) is 11.6. The molecule has 0 fully saturated rings. The van der Waals surface area contributed by atoms with E-state index in [1.807, 2.05) is 25.1 Å². The Bertz CT molecular complexity index is 4070. The molecule has 0 spiro atoms. The predicted molar refractivity (Wildman–Crippen MR) is 293 cm³/mol. The highest BCUT2D eigenvalue weighted by atomic mass is 15.1. The number of benzene rings is 9. The molecule has 3 nitrogen and oxygen atoms in total. The molecular weight excluding hydrogens is 823 g/mol. The van der Waals surface area contributed by atoms with E-state index in [1.165, 1.54) is 65.7 Å². The second-order valence-corrected chi connectivity index (χ2v) is 21.1. The third-order valence-electron chi connectivity index (χ3n) is 14.7. The summed E-state index contributed by atoms with van der Waals surface area (Å²) >= 11 is 0. The normalized spacial score (nSPS) is 15.0. The average molecular weight is 888 g/mol. The van der Waals surface area contributed by atoms with Gasteiger partial charge >= 0.3 is 0 Å². The van der Waals surface area contributed by atoms with Crippen LogP contribution in [-0.4, -0.2) is 4.40 Å². The Morgan fingerprint density at radius 3 is 1.60 bits per heavy atom. The van der Waals surface area contributed by atoms with Crippen molar-refractivity contribution in [2.45, 2.75) is 86.8 Å². The van der Waals surface area contributed by atoms with E-state index >= 15 is 0 Å². The topological polar surface area (TPSA) is 10.9 Å². The minimum absolute atomic E-state index is 0.116. The Labute approximate surface area is 409 Å². The van der Waals surface area contributed by atoms with E-state index < -0.39 is 13.7 Å². The van der Waals surface area contributed by atoms with E-state index in [0.717, 1.165) is 67.4 Å². The van der Waals surface area contributed by atoms with E-state index in [0.29, 0.717) is 11.1 Å². The molecule has 1 aliphatic carbocycles. The first kappa shape index (κ1) is 35.8. The standard InChI is InChI=1S/C65H59N3/c1-38-12-16-45(17-13-38)66(49-30-40(3)28-41(4)31-49)47-20-22-51-54-25-24-53-55(62(54)65(10,11)58(51)36-47)26-27-59-61(53)57-35-44(64(7,8)9)34-56-52-23-21-48(37-60(52)68(59)63(56)57)67(46-18-14-39(2)15-19-46)50-32-42(5)29-43(6)33-50/h12-37H,1-11H3/i2D3,3D3. The zero-order valence-corrected chi connectivity index (χ0v) is 40.4. The van der Waals surface area contributed by atoms with Crippen LogP contribution in [0.2, 0.25) is 0 Å². The second-order valence-electron chi connectivity index (χ2n) is 21.1. The zero-order valence-electron chi connectivity index (χ0n) is 46.4. The molecule has 11 aromatic rings. The van der Waals surface area contributed by atoms with Crippen LogP contribution in [-0.2, 0) is 10.8 Å². The largest absolute Gasteiger partial charge is 0.310 e. The first-order valence-corrected chi connectivity index (χ1v) is 23.8. The highest BCUT2D eigenvalue weighted by molar-refractivity contribution is 6.29. The summed E-state index contributed by atoms with van der Waals surface area (Å²) in [6.45, 7) is 15.4. The highest BCUT2D eigenvalue weighted by Crippen LogP contribution is 2.55. The monoisotopic (exact) mass is 888 g/mol. The Morgan fingerprint density at radius 2 is 0.956 bits per heavy atom. The van der Waals surface area contributed by atoms with Crippen molar-refractivity contribution in [1.29, 1.82) is 0 Å². The number of hydrogen-bond donors (Lipinski definition) is 0. The Balaban J connectivity index is 1.06. The molecule has 68 heavy (non-hydrogen) atoms. The van der Waals surface area contributed by atoms with Gasteiger partial charge in [-0.05, 0) is 199 Å². The van der Waals surface area contributed by atoms with Gasteiger partial charge in [-0.2, -0.15) is 0 Å². The summed E-state index contributed by atoms with van der Waals surface area (Å²) in [6.07, 6.45) is 0. The fourth-order valence-corrected chi connectivity index (χ4v) is 11.6. The van der Waals surface area contributed by atoms with E-state index in [1.54, 1.807) is 18.2 Å². The van der Waals surface area contributed by atoms with Crippen molar-refractivity contribution in [3.05, 3.63) is 208 Å². The lowest BCUT2D eigenvalue weighted by Gasteiger charge is -2.29. The number of rotatable bonds is 6. The number of anilines is 6. The molecule has 9 aromatic carbocycles. The molecule has 0 atom stereocenters. The summed E-state index contributed by atoms with van der Waals surface area (Å²) in [7, 11) is 0. The number of nitrogens with zero attached hydrogens (tertiary/aromatic N) is 3. The summed E-state index contributed by atoms with van der Waals surface area (Å²) in [6, 6.07) is 55.7. The summed E-state index contributed by atoms with van der Waals surface area (Å²) in [5.74, 6) is 0. The number of hydrogen-bond acceptors (Lipinski definition) is 2. The number of aryl methyl sites for hydroxylation is 6. The highest BCUT2D eigenvalue weighted by Gasteiger charge is 2.38. The van der Waals surface area contributed by atoms with Crippen molar-refractivity contribution in [3.8, 4) is 11.1 Å². The quantitative estimate of drug-likeness (QED) is 0.165. The maximum atomic E-state index is 8.33. The second kappa shape index (κ2) is 14.8. The van der Waals surface area contributed by atoms with Gasteiger partial charge in [0.15, 0.2) is 0 Å². The molecule has 0 unspecified atom stereocenters. The molecule has 0 radical (unpaired) electrons. The van der Waals surface area contributed by atoms with Gasteiger partial charge in [0.2, 0.25) is 0 Å². The smallest absolute Gasteiger partial charge is 0.0620 e. The summed E-state index contributed by atoms with van der Waals surface area (Å²) in [4.78, 5) is 4.44. The van der Waals surface area contributed by atoms with Gasteiger partial charge in [-0.1, -0.05) is 112 Å². The maximum Gasteiger partial charge on any atom is 0.0620 e. The maximum absolute atomic E-state index is 8.33. The van der Waals surface area contributed by atoms with E-state index in [-0.39, 0.29) is 10.8 Å². The van der Waals surface area contributed by atoms with Crippen molar-refractivity contribution >= 4 is 83.0 Å². The van der Waals surface area contributed by atoms with Crippen LogP contribution in [0.5, 0.6) is 0 Å². The summed E-state index contributed by atoms with van der Waals surface area (Å²) in [5.41, 5.74) is 19.8. The molecule has 2 aromatic heterocycles. The minimum Gasteiger partial charge on any atom is -0.310 e. The molecule has 1 aliphatic rings. The SMILES string of the molecule is [2H]C([2H])([2H])c1ccc(N(c2cc(C)cc(C)c2)c2ccc3c4cc(C(C)(C)C)cc5c6c7ccc8c(c7ccc6n(c3c2)c45)C(C)(C)c2cc(N(c3ccc(C)cc3)c3cc(C)cc(C([2H])([2H])[2H])c3)ccc2-8)cc1. The van der Waals surface area contributed by atoms with Gasteiger partial charge in [-0.25, -0.2) is 0 Å². The van der Waals surface area contributed by atoms with Crippen LogP contribution in [0, 0.1) is 41.4 Å². The molecular formula is C65H59N3. The van der Waals surface area contributed by atoms with E-state index in [2.05, 4.69) is 191 Å². The molecule has 3 heteroatoms. The average Bonchev–Trinajstić information content (AvgIpc) is 3.93. The molecule has 334 valence electrons. The third-order valence-corrected chi connectivity index (χ3v) is 14.7. The fraction of sp³-hybridized carbons (Fsp3) is 0.200. The van der Waals surface area contributed by atoms with Crippen molar-refractivity contribution < 1.29 is 8.22 Å². The summed E-state index contributed by atoms with van der Waals surface area (Å²) < 4.78 is 51.7. The third kappa shape index (κ3) is 6.39. The van der Waals surface area contributed by atoms with Crippen LogP contribution >= 0.6 is 0 Å². The van der Waals surface area contributed by atoms with Crippen molar-refractivity contribution in [2.75, 3.05) is 9.80 Å². The van der Waals surface area contributed by atoms with Gasteiger partial charge in [-0.15, -0.1) is 0 Å². The lowest BCUT2D eigenvalue weighted by molar-refractivity contribution is 0.592.